The van der Waals surface area contributed by atoms with Gasteiger partial charge in [0.2, 0.25) is 11.8 Å². The van der Waals surface area contributed by atoms with Crippen LogP contribution in [0.2, 0.25) is 0 Å². The zero-order valence-corrected chi connectivity index (χ0v) is 19.7. The van der Waals surface area contributed by atoms with Crippen LogP contribution >= 0.6 is 0 Å². The van der Waals surface area contributed by atoms with Gasteiger partial charge in [0, 0.05) is 5.92 Å². The number of nitrogens with one attached hydrogen (secondary N) is 2. The summed E-state index contributed by atoms with van der Waals surface area (Å²) in [5.74, 6) is -1.83. The van der Waals surface area contributed by atoms with Crippen LogP contribution in [0.25, 0.3) is 11.1 Å². The average Bonchev–Trinajstić information content (AvgIpc) is 3.19. The van der Waals surface area contributed by atoms with Gasteiger partial charge in [-0.2, -0.15) is 0 Å². The lowest BCUT2D eigenvalue weighted by Crippen LogP contribution is -2.56. The summed E-state index contributed by atoms with van der Waals surface area (Å²) in [6.07, 6.45) is -0.713. The Kier molecular flexibility index (Phi) is 7.15. The highest BCUT2D eigenvalue weighted by molar-refractivity contribution is 5.93. The molecule has 4 rings (SSSR count). The van der Waals surface area contributed by atoms with Crippen molar-refractivity contribution in [3.63, 3.8) is 0 Å². The second kappa shape index (κ2) is 10.4. The van der Waals surface area contributed by atoms with E-state index in [0.717, 1.165) is 27.8 Å². The van der Waals surface area contributed by atoms with Crippen LogP contribution < -0.4 is 16.4 Å². The Balaban J connectivity index is 1.51. The molecule has 0 radical (unpaired) electrons. The van der Waals surface area contributed by atoms with E-state index in [4.69, 9.17) is 10.5 Å². The Morgan fingerprint density at radius 3 is 1.91 bits per heavy atom. The summed E-state index contributed by atoms with van der Waals surface area (Å²) in [6.45, 7) is 3.70. The van der Waals surface area contributed by atoms with Gasteiger partial charge in [0.15, 0.2) is 0 Å². The molecule has 4 N–H and O–H groups in total. The highest BCUT2D eigenvalue weighted by atomic mass is 16.5. The zero-order chi connectivity index (χ0) is 24.9. The number of rotatable bonds is 8. The van der Waals surface area contributed by atoms with Crippen LogP contribution in [0.3, 0.4) is 0 Å². The molecule has 0 heterocycles. The number of carbonyl (C=O) groups excluding carboxylic acids is 3. The molecule has 3 amide bonds. The van der Waals surface area contributed by atoms with E-state index in [1.807, 2.05) is 78.9 Å². The number of fused-ring (bicyclic) bond motifs is 3. The van der Waals surface area contributed by atoms with Crippen LogP contribution in [0.5, 0.6) is 0 Å². The van der Waals surface area contributed by atoms with Crippen LogP contribution in [-0.2, 0) is 20.9 Å². The molecular weight excluding hydrogens is 442 g/mol. The third-order valence-electron chi connectivity index (χ3n) is 6.25. The SMILES string of the molecule is CC(C)[C@@H](NC(=O)OCc1ccccc1)C(=O)N[C@@H](C(N)=O)C1c2ccccc2-c2ccccc21. The lowest BCUT2D eigenvalue weighted by molar-refractivity contribution is -0.129. The summed E-state index contributed by atoms with van der Waals surface area (Å²) in [5, 5.41) is 5.45. The summed E-state index contributed by atoms with van der Waals surface area (Å²) >= 11 is 0. The number of ether oxygens (including phenoxy) is 1. The first-order valence-corrected chi connectivity index (χ1v) is 11.6. The summed E-state index contributed by atoms with van der Waals surface area (Å²) in [6, 6.07) is 22.9. The number of nitrogens with two attached hydrogens (primary N) is 1. The molecule has 180 valence electrons. The van der Waals surface area contributed by atoms with Gasteiger partial charge in [-0.25, -0.2) is 4.79 Å². The monoisotopic (exact) mass is 471 g/mol. The number of carbonyl (C=O) groups is 3. The maximum Gasteiger partial charge on any atom is 0.408 e. The van der Waals surface area contributed by atoms with E-state index < -0.39 is 35.9 Å². The van der Waals surface area contributed by atoms with Crippen LogP contribution in [0.15, 0.2) is 78.9 Å². The highest BCUT2D eigenvalue weighted by Crippen LogP contribution is 2.46. The topological polar surface area (TPSA) is 111 Å². The fraction of sp³-hybridized carbons (Fsp3) is 0.250. The maximum absolute atomic E-state index is 13.3. The Labute approximate surface area is 204 Å². The Bertz CT molecular complexity index is 1180. The van der Waals surface area contributed by atoms with Crippen molar-refractivity contribution in [2.75, 3.05) is 0 Å². The third-order valence-corrected chi connectivity index (χ3v) is 6.25. The summed E-state index contributed by atoms with van der Waals surface area (Å²) in [7, 11) is 0. The standard InChI is InChI=1S/C28H29N3O4/c1-17(2)24(31-28(34)35-16-18-10-4-3-5-11-18)27(33)30-25(26(29)32)23-21-14-8-6-12-19(21)20-13-7-9-15-22(20)23/h3-15,17,23-25H,16H2,1-2H3,(H2,29,32)(H,30,33)(H,31,34)/t24-,25-/m1/s1. The van der Waals surface area contributed by atoms with Crippen molar-refractivity contribution in [2.45, 2.75) is 38.5 Å². The van der Waals surface area contributed by atoms with Gasteiger partial charge in [-0.3, -0.25) is 9.59 Å². The molecule has 1 aliphatic carbocycles. The van der Waals surface area contributed by atoms with Crippen molar-refractivity contribution in [3.05, 3.63) is 95.6 Å². The van der Waals surface area contributed by atoms with Crippen molar-refractivity contribution in [1.82, 2.24) is 10.6 Å². The molecule has 0 aliphatic heterocycles. The average molecular weight is 472 g/mol. The molecule has 0 bridgehead atoms. The van der Waals surface area contributed by atoms with E-state index in [2.05, 4.69) is 10.6 Å². The minimum Gasteiger partial charge on any atom is -0.445 e. The molecule has 0 spiro atoms. The van der Waals surface area contributed by atoms with E-state index in [1.165, 1.54) is 0 Å². The molecule has 7 nitrogen and oxygen atoms in total. The first-order chi connectivity index (χ1) is 16.9. The number of alkyl carbamates (subject to hydrolysis) is 1. The Hall–Kier alpha value is -4.13. The lowest BCUT2D eigenvalue weighted by Gasteiger charge is -2.28. The van der Waals surface area contributed by atoms with Gasteiger partial charge in [-0.1, -0.05) is 92.7 Å². The van der Waals surface area contributed by atoms with Crippen LogP contribution in [0.4, 0.5) is 4.79 Å². The second-order valence-corrected chi connectivity index (χ2v) is 8.97. The van der Waals surface area contributed by atoms with Gasteiger partial charge in [0.25, 0.3) is 0 Å². The minimum atomic E-state index is -0.990. The molecule has 35 heavy (non-hydrogen) atoms. The van der Waals surface area contributed by atoms with Gasteiger partial charge in [0.05, 0.1) is 0 Å². The van der Waals surface area contributed by atoms with Gasteiger partial charge in [-0.05, 0) is 33.7 Å². The molecular formula is C28H29N3O4. The molecule has 2 atom stereocenters. The highest BCUT2D eigenvalue weighted by Gasteiger charge is 2.39. The molecule has 0 saturated heterocycles. The number of primary amides is 1. The van der Waals surface area contributed by atoms with Crippen molar-refractivity contribution in [3.8, 4) is 11.1 Å². The quantitative estimate of drug-likeness (QED) is 0.465. The van der Waals surface area contributed by atoms with Crippen LogP contribution in [0.1, 0.15) is 36.5 Å². The molecule has 0 aromatic heterocycles. The molecule has 3 aromatic carbocycles. The smallest absolute Gasteiger partial charge is 0.408 e. The summed E-state index contributed by atoms with van der Waals surface area (Å²) < 4.78 is 5.28. The summed E-state index contributed by atoms with van der Waals surface area (Å²) in [5.41, 5.74) is 10.5. The van der Waals surface area contributed by atoms with Crippen LogP contribution in [-0.4, -0.2) is 30.0 Å². The van der Waals surface area contributed by atoms with Crippen LogP contribution in [0, 0.1) is 5.92 Å². The van der Waals surface area contributed by atoms with Crippen molar-refractivity contribution in [1.29, 1.82) is 0 Å². The zero-order valence-electron chi connectivity index (χ0n) is 19.7. The van der Waals surface area contributed by atoms with Crippen molar-refractivity contribution >= 4 is 17.9 Å². The molecule has 0 unspecified atom stereocenters. The molecule has 1 aliphatic rings. The maximum atomic E-state index is 13.3. The largest absolute Gasteiger partial charge is 0.445 e. The minimum absolute atomic E-state index is 0.0820. The third kappa shape index (κ3) is 5.19. The lowest BCUT2D eigenvalue weighted by atomic mass is 9.88. The fourth-order valence-corrected chi connectivity index (χ4v) is 4.54. The van der Waals surface area contributed by atoms with Crippen molar-refractivity contribution < 1.29 is 19.1 Å². The normalized spacial score (nSPS) is 13.9. The summed E-state index contributed by atoms with van der Waals surface area (Å²) in [4.78, 5) is 38.3. The first kappa shape index (κ1) is 24.0. The second-order valence-electron chi connectivity index (χ2n) is 8.97. The number of benzene rings is 3. The predicted octanol–water partition coefficient (Wildman–Crippen LogP) is 3.72. The first-order valence-electron chi connectivity index (χ1n) is 11.6. The number of amides is 3. The molecule has 7 heteroatoms. The van der Waals surface area contributed by atoms with Gasteiger partial charge in [0.1, 0.15) is 18.7 Å². The number of hydrogen-bond acceptors (Lipinski definition) is 4. The predicted molar refractivity (Wildman–Crippen MR) is 133 cm³/mol. The van der Waals surface area contributed by atoms with E-state index in [-0.39, 0.29) is 12.5 Å². The Morgan fingerprint density at radius 2 is 1.37 bits per heavy atom. The van der Waals surface area contributed by atoms with Gasteiger partial charge in [-0.15, -0.1) is 0 Å². The van der Waals surface area contributed by atoms with E-state index in [9.17, 15) is 14.4 Å². The van der Waals surface area contributed by atoms with Gasteiger partial charge < -0.3 is 21.1 Å². The fourth-order valence-electron chi connectivity index (χ4n) is 4.54. The van der Waals surface area contributed by atoms with E-state index in [0.29, 0.717) is 0 Å². The molecule has 0 fully saturated rings. The van der Waals surface area contributed by atoms with E-state index in [1.54, 1.807) is 13.8 Å². The molecule has 0 saturated carbocycles. The van der Waals surface area contributed by atoms with Crippen molar-refractivity contribution in [2.24, 2.45) is 11.7 Å². The Morgan fingerprint density at radius 1 is 0.829 bits per heavy atom. The van der Waals surface area contributed by atoms with Gasteiger partial charge >= 0.3 is 6.09 Å². The number of hydrogen-bond donors (Lipinski definition) is 3. The molecule has 3 aromatic rings. The van der Waals surface area contributed by atoms with E-state index >= 15 is 0 Å².